The van der Waals surface area contributed by atoms with Gasteiger partial charge in [0.1, 0.15) is 22.3 Å². The van der Waals surface area contributed by atoms with Gasteiger partial charge in [0.05, 0.1) is 11.4 Å². The fraction of sp³-hybridized carbons (Fsp3) is 0.0345. The van der Waals surface area contributed by atoms with E-state index in [-0.39, 0.29) is 0 Å². The molecule has 3 aromatic heterocycles. The second kappa shape index (κ2) is 13.6. The van der Waals surface area contributed by atoms with Crippen molar-refractivity contribution < 1.29 is 13.3 Å². The fourth-order valence-corrected chi connectivity index (χ4v) is 9.93. The first-order chi connectivity index (χ1) is 31.1. The molecule has 0 aliphatic rings. The number of furan rings is 3. The Labute approximate surface area is 362 Å². The number of anilines is 6. The first-order valence-electron chi connectivity index (χ1n) is 21.4. The minimum absolute atomic E-state index is 0.863. The predicted molar refractivity (Wildman–Crippen MR) is 262 cm³/mol. The maximum Gasteiger partial charge on any atom is 0.159 e. The van der Waals surface area contributed by atoms with Crippen LogP contribution in [0.15, 0.2) is 207 Å². The molecule has 0 aliphatic heterocycles. The highest BCUT2D eigenvalue weighted by molar-refractivity contribution is 6.27. The van der Waals surface area contributed by atoms with Crippen LogP contribution < -0.4 is 9.80 Å². The molecule has 0 saturated carbocycles. The molecule has 10 aromatic carbocycles. The predicted octanol–water partition coefficient (Wildman–Crippen LogP) is 17.2. The summed E-state index contributed by atoms with van der Waals surface area (Å²) in [5, 5.41) is 11.2. The van der Waals surface area contributed by atoms with Gasteiger partial charge < -0.3 is 23.1 Å². The average Bonchev–Trinajstić information content (AvgIpc) is 4.04. The van der Waals surface area contributed by atoms with E-state index in [4.69, 9.17) is 13.3 Å². The van der Waals surface area contributed by atoms with Gasteiger partial charge in [-0.2, -0.15) is 0 Å². The van der Waals surface area contributed by atoms with Crippen molar-refractivity contribution in [2.75, 3.05) is 9.80 Å². The van der Waals surface area contributed by atoms with Crippen molar-refractivity contribution in [3.63, 3.8) is 0 Å². The Bertz CT molecular complexity index is 3700. The van der Waals surface area contributed by atoms with E-state index in [1.165, 1.54) is 0 Å². The van der Waals surface area contributed by atoms with Crippen LogP contribution in [-0.4, -0.2) is 0 Å². The maximum absolute atomic E-state index is 6.71. The lowest BCUT2D eigenvalue weighted by molar-refractivity contribution is 0.665. The van der Waals surface area contributed by atoms with Crippen LogP contribution >= 0.6 is 0 Å². The van der Waals surface area contributed by atoms with E-state index in [1.807, 2.05) is 0 Å². The normalized spacial score (nSPS) is 12.0. The van der Waals surface area contributed by atoms with Crippen LogP contribution in [0.3, 0.4) is 0 Å². The lowest BCUT2D eigenvalue weighted by atomic mass is 9.98. The van der Waals surface area contributed by atoms with E-state index >= 15 is 0 Å². The smallest absolute Gasteiger partial charge is 0.159 e. The number of para-hydroxylation sites is 6. The van der Waals surface area contributed by atoms with Gasteiger partial charge in [-0.3, -0.25) is 0 Å². The molecule has 0 bridgehead atoms. The second-order valence-electron chi connectivity index (χ2n) is 16.5. The summed E-state index contributed by atoms with van der Waals surface area (Å²) in [4.78, 5) is 4.61. The highest BCUT2D eigenvalue weighted by atomic mass is 16.3. The third-order valence-electron chi connectivity index (χ3n) is 12.8. The van der Waals surface area contributed by atoms with Crippen LogP contribution in [0.4, 0.5) is 34.1 Å². The third kappa shape index (κ3) is 5.36. The fourth-order valence-electron chi connectivity index (χ4n) is 9.93. The first kappa shape index (κ1) is 35.5. The van der Waals surface area contributed by atoms with Gasteiger partial charge in [0.15, 0.2) is 11.2 Å². The van der Waals surface area contributed by atoms with Crippen LogP contribution in [0.25, 0.3) is 87.4 Å². The number of rotatable bonds is 6. The number of fused-ring (bicyclic) bond motifs is 13. The Balaban J connectivity index is 0.983. The molecule has 13 rings (SSSR count). The summed E-state index contributed by atoms with van der Waals surface area (Å²) in [7, 11) is 0. The number of hydrogen-bond donors (Lipinski definition) is 0. The van der Waals surface area contributed by atoms with E-state index in [9.17, 15) is 0 Å². The van der Waals surface area contributed by atoms with Crippen molar-refractivity contribution >= 4 is 121 Å². The van der Waals surface area contributed by atoms with Gasteiger partial charge in [-0.25, -0.2) is 0 Å². The Morgan fingerprint density at radius 3 is 1.16 bits per heavy atom. The molecule has 63 heavy (non-hydrogen) atoms. The molecular weight excluding hydrogens is 773 g/mol. The SMILES string of the molecule is Cc1cccc2c1oc1c(N(c3ccccc3)c3ccc4c(ccc5oc6ccc7cc(N(c8ccccc8)c8cccc9c8oc8c(C)cccc89)ccc7c6c54)c3)cccc12. The summed E-state index contributed by atoms with van der Waals surface area (Å²) in [6, 6.07) is 68.8. The van der Waals surface area contributed by atoms with Crippen LogP contribution in [0.1, 0.15) is 11.1 Å². The molecule has 0 N–H and O–H groups in total. The quantitative estimate of drug-likeness (QED) is 0.167. The van der Waals surface area contributed by atoms with Crippen LogP contribution in [-0.2, 0) is 0 Å². The van der Waals surface area contributed by atoms with Crippen molar-refractivity contribution in [1.29, 1.82) is 0 Å². The molecule has 0 aliphatic carbocycles. The second-order valence-corrected chi connectivity index (χ2v) is 16.5. The number of hydrogen-bond acceptors (Lipinski definition) is 5. The maximum atomic E-state index is 6.71. The highest BCUT2D eigenvalue weighted by Gasteiger charge is 2.23. The van der Waals surface area contributed by atoms with Crippen molar-refractivity contribution in [3.8, 4) is 0 Å². The van der Waals surface area contributed by atoms with Gasteiger partial charge in [-0.05, 0) is 119 Å². The molecule has 13 aromatic rings. The van der Waals surface area contributed by atoms with E-state index in [0.29, 0.717) is 0 Å². The summed E-state index contributed by atoms with van der Waals surface area (Å²) in [6.45, 7) is 4.21. The Kier molecular flexibility index (Phi) is 7.67. The largest absolute Gasteiger partial charge is 0.456 e. The molecule has 0 saturated heterocycles. The van der Waals surface area contributed by atoms with Crippen LogP contribution in [0.2, 0.25) is 0 Å². The molecule has 0 radical (unpaired) electrons. The Hall–Kier alpha value is -8.28. The summed E-state index contributed by atoms with van der Waals surface area (Å²) in [5.74, 6) is 0. The molecule has 0 unspecified atom stereocenters. The van der Waals surface area contributed by atoms with Gasteiger partial charge in [0.2, 0.25) is 0 Å². The van der Waals surface area contributed by atoms with Crippen LogP contribution in [0.5, 0.6) is 0 Å². The monoisotopic (exact) mass is 810 g/mol. The molecule has 0 amide bonds. The molecule has 5 nitrogen and oxygen atoms in total. The molecule has 3 heterocycles. The van der Waals surface area contributed by atoms with Gasteiger partial charge in [-0.15, -0.1) is 0 Å². The third-order valence-corrected chi connectivity index (χ3v) is 12.8. The zero-order valence-corrected chi connectivity index (χ0v) is 34.6. The van der Waals surface area contributed by atoms with Crippen molar-refractivity contribution in [2.24, 2.45) is 0 Å². The van der Waals surface area contributed by atoms with Gasteiger partial charge in [0.25, 0.3) is 0 Å². The standard InChI is InChI=1S/C58H38N2O3/c1-35-13-9-19-45-47-21-11-23-49(57(47)62-55(35)45)59(39-15-5-3-6-16-39)41-27-29-43-37(33-41)25-31-51-53(43)54-44-30-28-42(34-38(44)26-32-52(54)61-51)60(40-17-7-4-8-18-40)50-24-12-22-48-46-20-10-14-36(2)56(46)63-58(48)50/h3-34H,1-2H3. The van der Waals surface area contributed by atoms with Crippen molar-refractivity contribution in [3.05, 3.63) is 205 Å². The lowest BCUT2D eigenvalue weighted by Gasteiger charge is -2.26. The van der Waals surface area contributed by atoms with E-state index < -0.39 is 0 Å². The zero-order valence-electron chi connectivity index (χ0n) is 34.6. The highest BCUT2D eigenvalue weighted by Crippen LogP contribution is 2.47. The summed E-state index contributed by atoms with van der Waals surface area (Å²) in [5.41, 5.74) is 13.7. The molecule has 0 atom stereocenters. The number of aryl methyl sites for hydroxylation is 2. The minimum Gasteiger partial charge on any atom is -0.456 e. The molecular formula is C58H38N2O3. The van der Waals surface area contributed by atoms with Gasteiger partial charge in [-0.1, -0.05) is 121 Å². The first-order valence-corrected chi connectivity index (χ1v) is 21.4. The molecule has 0 spiro atoms. The van der Waals surface area contributed by atoms with Gasteiger partial charge in [0, 0.05) is 55.1 Å². The van der Waals surface area contributed by atoms with E-state index in [2.05, 4.69) is 218 Å². The molecule has 5 heteroatoms. The van der Waals surface area contributed by atoms with E-state index in [0.717, 1.165) is 133 Å². The number of nitrogens with zero attached hydrogens (tertiary/aromatic N) is 2. The van der Waals surface area contributed by atoms with Gasteiger partial charge >= 0.3 is 0 Å². The molecule has 0 fully saturated rings. The summed E-state index contributed by atoms with van der Waals surface area (Å²) < 4.78 is 20.0. The minimum atomic E-state index is 0.863. The molecule has 298 valence electrons. The van der Waals surface area contributed by atoms with Crippen molar-refractivity contribution in [2.45, 2.75) is 13.8 Å². The summed E-state index contributed by atoms with van der Waals surface area (Å²) >= 11 is 0. The lowest BCUT2D eigenvalue weighted by Crippen LogP contribution is -2.10. The summed E-state index contributed by atoms with van der Waals surface area (Å²) in [6.07, 6.45) is 0. The van der Waals surface area contributed by atoms with Crippen LogP contribution in [0, 0.1) is 13.8 Å². The Morgan fingerprint density at radius 2 is 0.714 bits per heavy atom. The zero-order chi connectivity index (χ0) is 41.8. The van der Waals surface area contributed by atoms with Crippen molar-refractivity contribution in [1.82, 2.24) is 0 Å². The Morgan fingerprint density at radius 1 is 0.302 bits per heavy atom. The topological polar surface area (TPSA) is 45.9 Å². The average molecular weight is 811 g/mol. The number of benzene rings is 10. The van der Waals surface area contributed by atoms with E-state index in [1.54, 1.807) is 0 Å².